The smallest absolute Gasteiger partial charge is 0.273 e. The number of nitro groups is 1. The van der Waals surface area contributed by atoms with Crippen molar-refractivity contribution in [1.82, 2.24) is 10.2 Å². The summed E-state index contributed by atoms with van der Waals surface area (Å²) in [6, 6.07) is 15.2. The number of nitrogens with zero attached hydrogens (tertiary/aromatic N) is 2. The van der Waals surface area contributed by atoms with E-state index < -0.39 is 11.0 Å². The number of carbonyl (C=O) groups excluding carboxylic acids is 2. The monoisotopic (exact) mass is 383 g/mol. The minimum atomic E-state index is -0.668. The van der Waals surface area contributed by atoms with Gasteiger partial charge in [-0.25, -0.2) is 0 Å². The maximum absolute atomic E-state index is 13.0. The molecule has 0 aliphatic heterocycles. The molecule has 0 saturated heterocycles. The summed E-state index contributed by atoms with van der Waals surface area (Å²) in [6.07, 6.45) is 0.461. The van der Waals surface area contributed by atoms with Crippen molar-refractivity contribution in [3.63, 3.8) is 0 Å². The van der Waals surface area contributed by atoms with Crippen molar-refractivity contribution in [2.24, 2.45) is 0 Å². The normalized spacial score (nSPS) is 11.5. The summed E-state index contributed by atoms with van der Waals surface area (Å²) < 4.78 is 0. The number of hydrogen-bond acceptors (Lipinski definition) is 4. The number of nitrogens with one attached hydrogen (secondary N) is 1. The van der Waals surface area contributed by atoms with Crippen LogP contribution in [-0.4, -0.2) is 40.8 Å². The van der Waals surface area contributed by atoms with Crippen LogP contribution in [-0.2, 0) is 22.4 Å². The van der Waals surface area contributed by atoms with Gasteiger partial charge >= 0.3 is 0 Å². The number of rotatable bonds is 9. The quantitative estimate of drug-likeness (QED) is 0.532. The van der Waals surface area contributed by atoms with Gasteiger partial charge in [-0.3, -0.25) is 19.7 Å². The fourth-order valence-corrected chi connectivity index (χ4v) is 2.99. The topological polar surface area (TPSA) is 92.6 Å². The third-order valence-corrected chi connectivity index (χ3v) is 4.53. The third-order valence-electron chi connectivity index (χ3n) is 4.53. The predicted molar refractivity (Wildman–Crippen MR) is 107 cm³/mol. The molecule has 0 radical (unpaired) electrons. The van der Waals surface area contributed by atoms with Gasteiger partial charge in [0.1, 0.15) is 6.04 Å². The third kappa shape index (κ3) is 5.64. The van der Waals surface area contributed by atoms with Crippen LogP contribution >= 0.6 is 0 Å². The molecule has 2 aromatic rings. The Kier molecular flexibility index (Phi) is 7.68. The second kappa shape index (κ2) is 10.2. The molecule has 148 valence electrons. The van der Waals surface area contributed by atoms with E-state index in [0.29, 0.717) is 25.1 Å². The van der Waals surface area contributed by atoms with Crippen LogP contribution < -0.4 is 5.32 Å². The molecule has 0 bridgehead atoms. The summed E-state index contributed by atoms with van der Waals surface area (Å²) in [5.74, 6) is -0.560. The molecule has 1 N–H and O–H groups in total. The van der Waals surface area contributed by atoms with Crippen LogP contribution in [0.3, 0.4) is 0 Å². The van der Waals surface area contributed by atoms with E-state index in [-0.39, 0.29) is 23.9 Å². The molecule has 0 unspecified atom stereocenters. The van der Waals surface area contributed by atoms with Gasteiger partial charge in [0.15, 0.2) is 0 Å². The van der Waals surface area contributed by atoms with E-state index in [1.54, 1.807) is 25.1 Å². The minimum Gasteiger partial charge on any atom is -0.355 e. The lowest BCUT2D eigenvalue weighted by Gasteiger charge is -2.28. The molecule has 0 aromatic heterocycles. The number of benzene rings is 2. The Bertz CT molecular complexity index is 823. The summed E-state index contributed by atoms with van der Waals surface area (Å²) in [5.41, 5.74) is 1.30. The van der Waals surface area contributed by atoms with Gasteiger partial charge in [-0.05, 0) is 25.8 Å². The lowest BCUT2D eigenvalue weighted by Crippen LogP contribution is -2.49. The molecule has 7 nitrogen and oxygen atoms in total. The van der Waals surface area contributed by atoms with Crippen LogP contribution in [0.5, 0.6) is 0 Å². The summed E-state index contributed by atoms with van der Waals surface area (Å²) in [5, 5.41) is 14.0. The van der Waals surface area contributed by atoms with E-state index in [1.165, 1.54) is 11.0 Å². The summed E-state index contributed by atoms with van der Waals surface area (Å²) in [4.78, 5) is 37.5. The van der Waals surface area contributed by atoms with E-state index in [1.807, 2.05) is 37.3 Å². The first kappa shape index (κ1) is 21.1. The maximum atomic E-state index is 13.0. The average Bonchev–Trinajstić information content (AvgIpc) is 2.69. The van der Waals surface area contributed by atoms with Gasteiger partial charge in [-0.1, -0.05) is 48.5 Å². The Morgan fingerprint density at radius 3 is 2.39 bits per heavy atom. The zero-order valence-corrected chi connectivity index (χ0v) is 16.1. The molecule has 2 amide bonds. The molecule has 0 fully saturated rings. The van der Waals surface area contributed by atoms with E-state index in [2.05, 4.69) is 5.32 Å². The summed E-state index contributed by atoms with van der Waals surface area (Å²) >= 11 is 0. The zero-order chi connectivity index (χ0) is 20.5. The van der Waals surface area contributed by atoms with E-state index in [4.69, 9.17) is 0 Å². The van der Waals surface area contributed by atoms with E-state index >= 15 is 0 Å². The Morgan fingerprint density at radius 1 is 1.11 bits per heavy atom. The van der Waals surface area contributed by atoms with Gasteiger partial charge < -0.3 is 10.2 Å². The van der Waals surface area contributed by atoms with Crippen molar-refractivity contribution in [1.29, 1.82) is 0 Å². The molecule has 2 aromatic carbocycles. The SMILES string of the molecule is CCNC(=O)[C@@H](C)N(CCc1ccccc1)C(=O)Cc1ccccc1[N+](=O)[O-]. The summed E-state index contributed by atoms with van der Waals surface area (Å²) in [7, 11) is 0. The Balaban J connectivity index is 2.20. The molecular weight excluding hydrogens is 358 g/mol. The number of likely N-dealkylation sites (N-methyl/N-ethyl adjacent to an activating group) is 1. The van der Waals surface area contributed by atoms with Crippen LogP contribution in [0.25, 0.3) is 0 Å². The van der Waals surface area contributed by atoms with Crippen molar-refractivity contribution < 1.29 is 14.5 Å². The maximum Gasteiger partial charge on any atom is 0.273 e. The molecule has 28 heavy (non-hydrogen) atoms. The van der Waals surface area contributed by atoms with Crippen LogP contribution in [0.15, 0.2) is 54.6 Å². The highest BCUT2D eigenvalue weighted by atomic mass is 16.6. The minimum absolute atomic E-state index is 0.0930. The first-order chi connectivity index (χ1) is 13.4. The van der Waals surface area contributed by atoms with E-state index in [9.17, 15) is 19.7 Å². The standard InChI is InChI=1S/C21H25N3O4/c1-3-22-21(26)16(2)23(14-13-17-9-5-4-6-10-17)20(25)15-18-11-7-8-12-19(18)24(27)28/h4-12,16H,3,13-15H2,1-2H3,(H,22,26)/t16-/m1/s1. The molecule has 0 heterocycles. The fourth-order valence-electron chi connectivity index (χ4n) is 2.99. The second-order valence-corrected chi connectivity index (χ2v) is 6.46. The van der Waals surface area contributed by atoms with Gasteiger partial charge in [0.2, 0.25) is 11.8 Å². The number of nitro benzene ring substituents is 1. The van der Waals surface area contributed by atoms with Crippen molar-refractivity contribution >= 4 is 17.5 Å². The van der Waals surface area contributed by atoms with Gasteiger partial charge in [-0.2, -0.15) is 0 Å². The van der Waals surface area contributed by atoms with Crippen molar-refractivity contribution in [3.8, 4) is 0 Å². The van der Waals surface area contributed by atoms with Crippen LogP contribution in [0, 0.1) is 10.1 Å². The molecule has 0 saturated carbocycles. The second-order valence-electron chi connectivity index (χ2n) is 6.46. The average molecular weight is 383 g/mol. The lowest BCUT2D eigenvalue weighted by molar-refractivity contribution is -0.385. The van der Waals surface area contributed by atoms with Gasteiger partial charge in [0.05, 0.1) is 11.3 Å². The fraction of sp³-hybridized carbons (Fsp3) is 0.333. The molecular formula is C21H25N3O4. The first-order valence-electron chi connectivity index (χ1n) is 9.27. The Hall–Kier alpha value is -3.22. The number of hydrogen-bond donors (Lipinski definition) is 1. The van der Waals surface area contributed by atoms with Crippen LogP contribution in [0.2, 0.25) is 0 Å². The van der Waals surface area contributed by atoms with Crippen molar-refractivity contribution in [3.05, 3.63) is 75.8 Å². The molecule has 0 aliphatic carbocycles. The van der Waals surface area contributed by atoms with Crippen LogP contribution in [0.1, 0.15) is 25.0 Å². The van der Waals surface area contributed by atoms with E-state index in [0.717, 1.165) is 5.56 Å². The highest BCUT2D eigenvalue weighted by molar-refractivity contribution is 5.88. The van der Waals surface area contributed by atoms with Gasteiger partial charge in [-0.15, -0.1) is 0 Å². The number of para-hydroxylation sites is 1. The Labute approximate surface area is 164 Å². The highest BCUT2D eigenvalue weighted by Gasteiger charge is 2.27. The highest BCUT2D eigenvalue weighted by Crippen LogP contribution is 2.19. The number of amides is 2. The molecule has 2 rings (SSSR count). The largest absolute Gasteiger partial charge is 0.355 e. The lowest BCUT2D eigenvalue weighted by atomic mass is 10.1. The molecule has 7 heteroatoms. The van der Waals surface area contributed by atoms with Crippen LogP contribution in [0.4, 0.5) is 5.69 Å². The molecule has 1 atom stereocenters. The molecule has 0 aliphatic rings. The Morgan fingerprint density at radius 2 is 1.75 bits per heavy atom. The predicted octanol–water partition coefficient (Wildman–Crippen LogP) is 2.73. The van der Waals surface area contributed by atoms with Crippen molar-refractivity contribution in [2.45, 2.75) is 32.7 Å². The number of carbonyl (C=O) groups is 2. The van der Waals surface area contributed by atoms with Gasteiger partial charge in [0, 0.05) is 24.7 Å². The first-order valence-corrected chi connectivity index (χ1v) is 9.27. The van der Waals surface area contributed by atoms with Crippen molar-refractivity contribution in [2.75, 3.05) is 13.1 Å². The zero-order valence-electron chi connectivity index (χ0n) is 16.1. The van der Waals surface area contributed by atoms with Gasteiger partial charge in [0.25, 0.3) is 5.69 Å². The summed E-state index contributed by atoms with van der Waals surface area (Å²) in [6.45, 7) is 4.30. The molecule has 0 spiro atoms.